The molecule has 0 bridgehead atoms. The summed E-state index contributed by atoms with van der Waals surface area (Å²) in [6.07, 6.45) is 1.56. The van der Waals surface area contributed by atoms with Crippen LogP contribution in [-0.2, 0) is 0 Å². The highest BCUT2D eigenvalue weighted by Gasteiger charge is 2.14. The van der Waals surface area contributed by atoms with Gasteiger partial charge in [0.15, 0.2) is 11.6 Å². The van der Waals surface area contributed by atoms with Gasteiger partial charge in [-0.05, 0) is 28.1 Å². The molecule has 2 N–H and O–H groups in total. The van der Waals surface area contributed by atoms with E-state index in [0.29, 0.717) is 21.8 Å². The molecule has 0 unspecified atom stereocenters. The van der Waals surface area contributed by atoms with Gasteiger partial charge in [0, 0.05) is 0 Å². The normalized spacial score (nSPS) is 10.4. The van der Waals surface area contributed by atoms with Crippen molar-refractivity contribution in [1.29, 1.82) is 0 Å². The number of anilines is 1. The summed E-state index contributed by atoms with van der Waals surface area (Å²) in [4.78, 5) is 0. The highest BCUT2D eigenvalue weighted by molar-refractivity contribution is 9.10. The maximum Gasteiger partial charge on any atom is 0.218 e. The fourth-order valence-electron chi connectivity index (χ4n) is 0.852. The Kier molecular flexibility index (Phi) is 1.65. The molecule has 62 valence electrons. The van der Waals surface area contributed by atoms with E-state index >= 15 is 0 Å². The van der Waals surface area contributed by atoms with Crippen LogP contribution in [0.4, 0.5) is 5.82 Å². The second kappa shape index (κ2) is 2.67. The number of rotatable bonds is 1. The molecule has 12 heavy (non-hydrogen) atoms. The molecule has 0 aliphatic heterocycles. The van der Waals surface area contributed by atoms with Crippen molar-refractivity contribution >= 4 is 21.7 Å². The Hall–Kier alpha value is -1.23. The summed E-state index contributed by atoms with van der Waals surface area (Å²) in [5.74, 6) is 1.44. The molecule has 2 heterocycles. The Bertz CT molecular complexity index is 380. The lowest BCUT2D eigenvalue weighted by molar-refractivity contribution is 0.420. The Labute approximate surface area is 76.5 Å². The minimum atomic E-state index is 0.321. The molecule has 0 atom stereocenters. The second-order valence-corrected chi connectivity index (χ2v) is 2.98. The van der Waals surface area contributed by atoms with E-state index in [-0.39, 0.29) is 0 Å². The van der Waals surface area contributed by atoms with Crippen LogP contribution in [0.3, 0.4) is 0 Å². The number of halogens is 1. The van der Waals surface area contributed by atoms with Crippen LogP contribution in [0.15, 0.2) is 31.8 Å². The zero-order chi connectivity index (χ0) is 8.55. The molecule has 5 heteroatoms. The monoisotopic (exact) mass is 228 g/mol. The average Bonchev–Trinajstić information content (AvgIpc) is 2.64. The first-order valence-corrected chi connectivity index (χ1v) is 4.03. The van der Waals surface area contributed by atoms with Crippen molar-refractivity contribution in [1.82, 2.24) is 5.16 Å². The number of furan rings is 1. The van der Waals surface area contributed by atoms with Gasteiger partial charge in [-0.15, -0.1) is 0 Å². The van der Waals surface area contributed by atoms with E-state index in [4.69, 9.17) is 14.7 Å². The maximum absolute atomic E-state index is 5.45. The molecule has 2 rings (SSSR count). The summed E-state index contributed by atoms with van der Waals surface area (Å²) in [7, 11) is 0. The van der Waals surface area contributed by atoms with Crippen LogP contribution in [0.5, 0.6) is 0 Å². The second-order valence-electron chi connectivity index (χ2n) is 2.19. The molecule has 0 spiro atoms. The van der Waals surface area contributed by atoms with Crippen molar-refractivity contribution in [2.45, 2.75) is 0 Å². The average molecular weight is 229 g/mol. The zero-order valence-corrected chi connectivity index (χ0v) is 7.54. The Morgan fingerprint density at radius 1 is 1.50 bits per heavy atom. The summed E-state index contributed by atoms with van der Waals surface area (Å²) in [6.45, 7) is 0. The topological polar surface area (TPSA) is 65.2 Å². The Morgan fingerprint density at radius 3 is 2.83 bits per heavy atom. The lowest BCUT2D eigenvalue weighted by atomic mass is 10.3. The number of nitrogens with zero attached hydrogens (tertiary/aromatic N) is 1. The van der Waals surface area contributed by atoms with E-state index < -0.39 is 0 Å². The van der Waals surface area contributed by atoms with Crippen LogP contribution < -0.4 is 5.73 Å². The van der Waals surface area contributed by atoms with Crippen LogP contribution in [0, 0.1) is 0 Å². The molecule has 0 aliphatic carbocycles. The van der Waals surface area contributed by atoms with Crippen molar-refractivity contribution in [2.75, 3.05) is 5.73 Å². The number of nitrogens with two attached hydrogens (primary N) is 1. The summed E-state index contributed by atoms with van der Waals surface area (Å²) in [6, 6.07) is 3.53. The van der Waals surface area contributed by atoms with Gasteiger partial charge in [0.05, 0.1) is 6.26 Å². The molecule has 0 fully saturated rings. The van der Waals surface area contributed by atoms with Gasteiger partial charge in [-0.1, -0.05) is 5.16 Å². The molecule has 0 saturated carbocycles. The molecule has 2 aromatic rings. The minimum absolute atomic E-state index is 0.321. The first-order chi connectivity index (χ1) is 5.79. The van der Waals surface area contributed by atoms with Crippen LogP contribution in [0.25, 0.3) is 11.5 Å². The van der Waals surface area contributed by atoms with Gasteiger partial charge >= 0.3 is 0 Å². The van der Waals surface area contributed by atoms with Crippen LogP contribution in [0.2, 0.25) is 0 Å². The number of aromatic nitrogens is 1. The first-order valence-electron chi connectivity index (χ1n) is 3.23. The summed E-state index contributed by atoms with van der Waals surface area (Å²) < 4.78 is 10.6. The van der Waals surface area contributed by atoms with Crippen molar-refractivity contribution in [3.8, 4) is 11.5 Å². The standard InChI is InChI=1S/C7H5BrN2O2/c8-5-6(12-10-7(5)9)4-2-1-3-11-4/h1-3H,(H2,9,10). The predicted molar refractivity (Wildman–Crippen MR) is 46.3 cm³/mol. The quantitative estimate of drug-likeness (QED) is 0.814. The third-order valence-electron chi connectivity index (χ3n) is 1.40. The van der Waals surface area contributed by atoms with E-state index in [1.165, 1.54) is 0 Å². The third kappa shape index (κ3) is 1.02. The van der Waals surface area contributed by atoms with Crippen molar-refractivity contribution in [3.63, 3.8) is 0 Å². The fourth-order valence-corrected chi connectivity index (χ4v) is 1.19. The summed E-state index contributed by atoms with van der Waals surface area (Å²) in [5, 5.41) is 3.57. The van der Waals surface area contributed by atoms with Gasteiger partial charge < -0.3 is 14.7 Å². The van der Waals surface area contributed by atoms with E-state index in [9.17, 15) is 0 Å². The lowest BCUT2D eigenvalue weighted by Gasteiger charge is -1.87. The van der Waals surface area contributed by atoms with E-state index in [1.807, 2.05) is 0 Å². The van der Waals surface area contributed by atoms with E-state index in [1.54, 1.807) is 18.4 Å². The fraction of sp³-hybridized carbons (Fsp3) is 0. The first kappa shape index (κ1) is 7.42. The van der Waals surface area contributed by atoms with E-state index in [2.05, 4.69) is 21.1 Å². The maximum atomic E-state index is 5.45. The van der Waals surface area contributed by atoms with Crippen LogP contribution in [-0.4, -0.2) is 5.16 Å². The molecule has 0 aromatic carbocycles. The molecule has 0 radical (unpaired) electrons. The number of hydrogen-bond donors (Lipinski definition) is 1. The SMILES string of the molecule is Nc1noc(-c2ccco2)c1Br. The molecular formula is C7H5BrN2O2. The molecule has 0 aliphatic rings. The van der Waals surface area contributed by atoms with E-state index in [0.717, 1.165) is 0 Å². The van der Waals surface area contributed by atoms with Crippen molar-refractivity contribution in [2.24, 2.45) is 0 Å². The number of nitrogen functional groups attached to an aromatic ring is 1. The molecule has 4 nitrogen and oxygen atoms in total. The highest BCUT2D eigenvalue weighted by Crippen LogP contribution is 2.32. The minimum Gasteiger partial charge on any atom is -0.461 e. The Balaban J connectivity index is 2.55. The van der Waals surface area contributed by atoms with Crippen LogP contribution in [0.1, 0.15) is 0 Å². The van der Waals surface area contributed by atoms with Gasteiger partial charge in [-0.3, -0.25) is 0 Å². The van der Waals surface area contributed by atoms with Gasteiger partial charge in [0.1, 0.15) is 4.47 Å². The smallest absolute Gasteiger partial charge is 0.218 e. The van der Waals surface area contributed by atoms with Gasteiger partial charge in [0.25, 0.3) is 0 Å². The van der Waals surface area contributed by atoms with Crippen LogP contribution >= 0.6 is 15.9 Å². The highest BCUT2D eigenvalue weighted by atomic mass is 79.9. The van der Waals surface area contributed by atoms with Crippen molar-refractivity contribution < 1.29 is 8.94 Å². The zero-order valence-electron chi connectivity index (χ0n) is 5.95. The Morgan fingerprint density at radius 2 is 2.33 bits per heavy atom. The predicted octanol–water partition coefficient (Wildman–Crippen LogP) is 2.28. The van der Waals surface area contributed by atoms with Crippen molar-refractivity contribution in [3.05, 3.63) is 22.9 Å². The number of hydrogen-bond acceptors (Lipinski definition) is 4. The van der Waals surface area contributed by atoms with Gasteiger partial charge in [0.2, 0.25) is 5.76 Å². The molecule has 2 aromatic heterocycles. The van der Waals surface area contributed by atoms with Gasteiger partial charge in [-0.2, -0.15) is 0 Å². The van der Waals surface area contributed by atoms with Gasteiger partial charge in [-0.25, -0.2) is 0 Å². The summed E-state index contributed by atoms with van der Waals surface area (Å²) >= 11 is 3.23. The molecule has 0 amide bonds. The lowest BCUT2D eigenvalue weighted by Crippen LogP contribution is -1.82. The summed E-state index contributed by atoms with van der Waals surface area (Å²) in [5.41, 5.74) is 5.45. The molecular weight excluding hydrogens is 224 g/mol. The molecule has 0 saturated heterocycles. The largest absolute Gasteiger partial charge is 0.461 e. The third-order valence-corrected chi connectivity index (χ3v) is 2.17.